The van der Waals surface area contributed by atoms with Crippen molar-refractivity contribution in [3.8, 4) is 5.75 Å². The van der Waals surface area contributed by atoms with E-state index >= 15 is 0 Å². The van der Waals surface area contributed by atoms with E-state index in [9.17, 15) is 0 Å². The number of nitrogens with one attached hydrogen (secondary N) is 2. The predicted molar refractivity (Wildman–Crippen MR) is 153 cm³/mol. The van der Waals surface area contributed by atoms with Gasteiger partial charge in [0.15, 0.2) is 0 Å². The molecule has 3 nitrogen and oxygen atoms in total. The first kappa shape index (κ1) is 23.0. The van der Waals surface area contributed by atoms with Crippen LogP contribution in [0, 0.1) is 6.92 Å². The van der Waals surface area contributed by atoms with E-state index < -0.39 is 16.1 Å². The molecular formula is C30H31AsN2OP. The molecule has 0 spiro atoms. The quantitative estimate of drug-likeness (QED) is 0.303. The molecule has 0 aromatic heterocycles. The summed E-state index contributed by atoms with van der Waals surface area (Å²) in [4.78, 5) is 0. The van der Waals surface area contributed by atoms with Crippen LogP contribution in [0.3, 0.4) is 0 Å². The summed E-state index contributed by atoms with van der Waals surface area (Å²) >= 11 is -0.509. The average molecular weight is 541 g/mol. The first-order valence-electron chi connectivity index (χ1n) is 12.4. The number of para-hydroxylation sites is 1. The van der Waals surface area contributed by atoms with Crippen LogP contribution in [0.15, 0.2) is 66.7 Å². The SMILES string of the molecule is Cc1c2cccc1NC(C(C)([As]Oc1cccc3c1NCC3)c1cccc3c1PCC=C3)C/C=C\2. The zero-order valence-electron chi connectivity index (χ0n) is 20.3. The molecule has 3 aliphatic rings. The molecule has 3 aromatic carbocycles. The molecule has 35 heavy (non-hydrogen) atoms. The Balaban J connectivity index is 1.42. The van der Waals surface area contributed by atoms with Crippen molar-refractivity contribution in [3.05, 3.63) is 94.6 Å². The number of rotatable bonds is 5. The monoisotopic (exact) mass is 541 g/mol. The fourth-order valence-electron chi connectivity index (χ4n) is 5.44. The fraction of sp³-hybridized carbons (Fsp3) is 0.267. The van der Waals surface area contributed by atoms with Crippen LogP contribution < -0.4 is 19.7 Å². The molecule has 2 bridgehead atoms. The van der Waals surface area contributed by atoms with Crippen LogP contribution in [0.4, 0.5) is 11.4 Å². The molecule has 0 fully saturated rings. The molecule has 3 heterocycles. The summed E-state index contributed by atoms with van der Waals surface area (Å²) in [7, 11) is 0.809. The van der Waals surface area contributed by atoms with Crippen molar-refractivity contribution in [2.24, 2.45) is 0 Å². The van der Waals surface area contributed by atoms with E-state index in [0.717, 1.165) is 39.9 Å². The summed E-state index contributed by atoms with van der Waals surface area (Å²) in [6.45, 7) is 5.66. The minimum absolute atomic E-state index is 0.133. The maximum atomic E-state index is 6.82. The van der Waals surface area contributed by atoms with Crippen LogP contribution >= 0.6 is 8.58 Å². The van der Waals surface area contributed by atoms with Gasteiger partial charge in [0.05, 0.1) is 0 Å². The summed E-state index contributed by atoms with van der Waals surface area (Å²) in [6, 6.07) is 20.2. The molecule has 3 aromatic rings. The summed E-state index contributed by atoms with van der Waals surface area (Å²) < 4.78 is 6.69. The molecule has 0 saturated heterocycles. The predicted octanol–water partition coefficient (Wildman–Crippen LogP) is 6.10. The molecule has 0 aliphatic carbocycles. The Morgan fingerprint density at radius 3 is 2.77 bits per heavy atom. The van der Waals surface area contributed by atoms with Gasteiger partial charge in [0.1, 0.15) is 0 Å². The average Bonchev–Trinajstić information content (AvgIpc) is 3.38. The first-order valence-corrected chi connectivity index (χ1v) is 15.4. The zero-order valence-corrected chi connectivity index (χ0v) is 23.1. The molecule has 2 N–H and O–H groups in total. The van der Waals surface area contributed by atoms with E-state index in [1.165, 1.54) is 44.5 Å². The second-order valence-electron chi connectivity index (χ2n) is 9.71. The molecular weight excluding hydrogens is 510 g/mol. The van der Waals surface area contributed by atoms with Gasteiger partial charge < -0.3 is 0 Å². The number of hydrogen-bond donors (Lipinski definition) is 2. The molecule has 3 unspecified atom stereocenters. The molecule has 0 saturated carbocycles. The van der Waals surface area contributed by atoms with E-state index in [2.05, 4.69) is 103 Å². The third-order valence-corrected chi connectivity index (χ3v) is 11.4. The Bertz CT molecular complexity index is 1330. The fourth-order valence-corrected chi connectivity index (χ4v) is 9.16. The molecule has 0 amide bonds. The summed E-state index contributed by atoms with van der Waals surface area (Å²) in [6.07, 6.45) is 12.4. The van der Waals surface area contributed by atoms with Gasteiger partial charge in [-0.05, 0) is 0 Å². The van der Waals surface area contributed by atoms with Gasteiger partial charge in [-0.2, -0.15) is 0 Å². The number of benzene rings is 3. The van der Waals surface area contributed by atoms with Crippen molar-refractivity contribution < 1.29 is 3.73 Å². The number of allylic oxidation sites excluding steroid dienone is 1. The molecule has 3 atom stereocenters. The van der Waals surface area contributed by atoms with Crippen LogP contribution in [0.5, 0.6) is 5.75 Å². The normalized spacial score (nSPS) is 21.4. The number of hydrogen-bond acceptors (Lipinski definition) is 3. The standard InChI is InChI=1S/C30H31AsN2OP/c1-20-21-8-4-14-25(20)33-27(16-6-9-21)30(2,24-13-3-11-23-12-7-19-35-29(23)24)31-34-26-15-5-10-22-17-18-32-28(22)26/h3-15,27,32-33,35H,16-19H2,1-2H3/b9-6-. The van der Waals surface area contributed by atoms with Gasteiger partial charge in [-0.15, -0.1) is 0 Å². The second kappa shape index (κ2) is 9.53. The van der Waals surface area contributed by atoms with Gasteiger partial charge in [-0.25, -0.2) is 0 Å². The van der Waals surface area contributed by atoms with Crippen molar-refractivity contribution >= 4 is 53.5 Å². The van der Waals surface area contributed by atoms with Gasteiger partial charge in [-0.3, -0.25) is 0 Å². The van der Waals surface area contributed by atoms with Crippen LogP contribution in [-0.2, 0) is 10.6 Å². The van der Waals surface area contributed by atoms with Crippen molar-refractivity contribution in [3.63, 3.8) is 0 Å². The third kappa shape index (κ3) is 4.24. The van der Waals surface area contributed by atoms with Crippen LogP contribution in [0.2, 0.25) is 0 Å². The Morgan fingerprint density at radius 1 is 1.00 bits per heavy atom. The van der Waals surface area contributed by atoms with Gasteiger partial charge in [-0.1, -0.05) is 0 Å². The van der Waals surface area contributed by atoms with Gasteiger partial charge in [0.2, 0.25) is 0 Å². The van der Waals surface area contributed by atoms with Crippen LogP contribution in [0.25, 0.3) is 12.2 Å². The van der Waals surface area contributed by atoms with Crippen molar-refractivity contribution in [1.29, 1.82) is 0 Å². The molecule has 5 heteroatoms. The van der Waals surface area contributed by atoms with Crippen molar-refractivity contribution in [2.75, 3.05) is 23.3 Å². The summed E-state index contributed by atoms with van der Waals surface area (Å²) in [5.41, 5.74) is 9.25. The minimum atomic E-state index is -0.509. The van der Waals surface area contributed by atoms with Gasteiger partial charge in [0.25, 0.3) is 0 Å². The van der Waals surface area contributed by atoms with E-state index in [0.29, 0.717) is 0 Å². The van der Waals surface area contributed by atoms with Gasteiger partial charge >= 0.3 is 218 Å². The zero-order chi connectivity index (χ0) is 23.8. The van der Waals surface area contributed by atoms with E-state index in [1.54, 1.807) is 0 Å². The van der Waals surface area contributed by atoms with E-state index in [1.807, 2.05) is 0 Å². The van der Waals surface area contributed by atoms with Crippen LogP contribution in [0.1, 0.15) is 41.2 Å². The Labute approximate surface area is 217 Å². The number of anilines is 2. The molecule has 3 aliphatic heterocycles. The number of fused-ring (bicyclic) bond motifs is 4. The maximum absolute atomic E-state index is 6.82. The Kier molecular flexibility index (Phi) is 6.25. The van der Waals surface area contributed by atoms with Crippen molar-refractivity contribution in [2.45, 2.75) is 36.9 Å². The molecule has 1 radical (unpaired) electrons. The first-order chi connectivity index (χ1) is 17.1. The summed E-state index contributed by atoms with van der Waals surface area (Å²) in [5, 5.41) is 9.06. The Morgan fingerprint density at radius 2 is 1.83 bits per heavy atom. The van der Waals surface area contributed by atoms with Crippen LogP contribution in [-0.4, -0.2) is 34.8 Å². The third-order valence-electron chi connectivity index (χ3n) is 7.53. The van der Waals surface area contributed by atoms with E-state index in [-0.39, 0.29) is 10.2 Å². The molecule has 177 valence electrons. The molecule has 6 rings (SSSR count). The summed E-state index contributed by atoms with van der Waals surface area (Å²) in [5.74, 6) is 1.01. The van der Waals surface area contributed by atoms with Gasteiger partial charge in [0, 0.05) is 0 Å². The van der Waals surface area contributed by atoms with E-state index in [4.69, 9.17) is 3.73 Å². The van der Waals surface area contributed by atoms with Crippen molar-refractivity contribution in [1.82, 2.24) is 0 Å². The topological polar surface area (TPSA) is 33.3 Å². The second-order valence-corrected chi connectivity index (χ2v) is 13.7. The Hall–Kier alpha value is -2.47.